The molecule has 1 heterocycles. The van der Waals surface area contributed by atoms with Crippen molar-refractivity contribution in [2.75, 3.05) is 6.61 Å². The fourth-order valence-electron chi connectivity index (χ4n) is 1.59. The summed E-state index contributed by atoms with van der Waals surface area (Å²) in [5.74, 6) is 0.293. The summed E-state index contributed by atoms with van der Waals surface area (Å²) in [7, 11) is -4.38. The Hall–Kier alpha value is 0.0700. The van der Waals surface area contributed by atoms with Crippen LogP contribution in [0, 0.1) is 5.92 Å². The second kappa shape index (κ2) is 4.07. The third-order valence-electron chi connectivity index (χ3n) is 2.21. The van der Waals surface area contributed by atoms with Crippen molar-refractivity contribution >= 4 is 7.82 Å². The van der Waals surface area contributed by atoms with E-state index < -0.39 is 13.9 Å². The monoisotopic (exact) mass is 210 g/mol. The minimum atomic E-state index is -4.38. The molecule has 0 amide bonds. The third-order valence-corrected chi connectivity index (χ3v) is 2.82. The van der Waals surface area contributed by atoms with Crippen molar-refractivity contribution in [2.24, 2.45) is 5.92 Å². The smallest absolute Gasteiger partial charge is 0.375 e. The van der Waals surface area contributed by atoms with Crippen molar-refractivity contribution in [3.8, 4) is 0 Å². The number of hydrogen-bond donors (Lipinski definition) is 2. The molecule has 3 atom stereocenters. The number of phosphoric ester groups is 1. The van der Waals surface area contributed by atoms with Gasteiger partial charge in [0.2, 0.25) is 0 Å². The van der Waals surface area contributed by atoms with Gasteiger partial charge in [0, 0.05) is 6.61 Å². The number of ether oxygens (including phenoxy) is 1. The van der Waals surface area contributed by atoms with Gasteiger partial charge in [-0.15, -0.1) is 0 Å². The fraction of sp³-hybridized carbons (Fsp3) is 1.00. The average Bonchev–Trinajstić information content (AvgIpc) is 2.30. The lowest BCUT2D eigenvalue weighted by molar-refractivity contribution is -0.00684. The van der Waals surface area contributed by atoms with Gasteiger partial charge in [0.1, 0.15) is 0 Å². The van der Waals surface area contributed by atoms with Crippen molar-refractivity contribution in [1.29, 1.82) is 0 Å². The van der Waals surface area contributed by atoms with Crippen LogP contribution in [0.4, 0.5) is 0 Å². The summed E-state index contributed by atoms with van der Waals surface area (Å²) in [4.78, 5) is 17.1. The summed E-state index contributed by atoms with van der Waals surface area (Å²) < 4.78 is 20.4. The molecule has 1 aliphatic heterocycles. The van der Waals surface area contributed by atoms with Gasteiger partial charge in [-0.25, -0.2) is 4.57 Å². The van der Waals surface area contributed by atoms with E-state index in [0.717, 1.165) is 6.42 Å². The predicted molar refractivity (Wildman–Crippen MR) is 46.1 cm³/mol. The zero-order valence-corrected chi connectivity index (χ0v) is 8.61. The highest BCUT2D eigenvalue weighted by molar-refractivity contribution is 7.46. The Labute approximate surface area is 77.3 Å². The summed E-state index contributed by atoms with van der Waals surface area (Å²) in [5.41, 5.74) is 0. The van der Waals surface area contributed by atoms with Crippen LogP contribution in [-0.4, -0.2) is 28.6 Å². The molecule has 0 bridgehead atoms. The molecule has 0 aromatic rings. The van der Waals surface area contributed by atoms with E-state index >= 15 is 0 Å². The Morgan fingerprint density at radius 1 is 1.62 bits per heavy atom. The molecule has 1 unspecified atom stereocenters. The molecule has 78 valence electrons. The molecule has 13 heavy (non-hydrogen) atoms. The van der Waals surface area contributed by atoms with E-state index in [-0.39, 0.29) is 6.10 Å². The fourth-order valence-corrected chi connectivity index (χ4v) is 2.15. The first kappa shape index (κ1) is 11.1. The number of phosphoric acid groups is 1. The molecular formula is C7H15O5P. The van der Waals surface area contributed by atoms with Crippen molar-refractivity contribution < 1.29 is 23.6 Å². The lowest BCUT2D eigenvalue weighted by Crippen LogP contribution is -2.29. The topological polar surface area (TPSA) is 76.0 Å². The van der Waals surface area contributed by atoms with E-state index in [9.17, 15) is 4.57 Å². The minimum absolute atomic E-state index is 0.201. The molecule has 1 aliphatic rings. The van der Waals surface area contributed by atoms with Gasteiger partial charge >= 0.3 is 7.82 Å². The lowest BCUT2D eigenvalue weighted by atomic mass is 10.0. The van der Waals surface area contributed by atoms with Crippen LogP contribution in [-0.2, 0) is 13.8 Å². The first-order chi connectivity index (χ1) is 5.90. The molecule has 0 spiro atoms. The molecular weight excluding hydrogens is 195 g/mol. The first-order valence-corrected chi connectivity index (χ1v) is 5.79. The van der Waals surface area contributed by atoms with E-state index in [4.69, 9.17) is 14.5 Å². The Morgan fingerprint density at radius 3 is 2.62 bits per heavy atom. The maximum Gasteiger partial charge on any atom is 0.469 e. The zero-order chi connectivity index (χ0) is 10.1. The van der Waals surface area contributed by atoms with Gasteiger partial charge in [-0.3, -0.25) is 4.52 Å². The lowest BCUT2D eigenvalue weighted by Gasteiger charge is -2.22. The standard InChI is InChI=1S/C7H15O5P/c1-5-3-4-11-7(5)6(2)12-13(8,9)10/h5-7H,3-4H2,1-2H3,(H2,8,9,10)/t5-,6+,7?/m0/s1. The summed E-state index contributed by atoms with van der Waals surface area (Å²) in [6, 6.07) is 0. The van der Waals surface area contributed by atoms with Crippen LogP contribution in [0.1, 0.15) is 20.3 Å². The quantitative estimate of drug-likeness (QED) is 0.677. The largest absolute Gasteiger partial charge is 0.469 e. The highest BCUT2D eigenvalue weighted by atomic mass is 31.2. The molecule has 0 aromatic heterocycles. The maximum atomic E-state index is 10.5. The summed E-state index contributed by atoms with van der Waals surface area (Å²) in [6.07, 6.45) is 0.158. The molecule has 0 aliphatic carbocycles. The Bertz CT molecular complexity index is 213. The molecule has 5 nitrogen and oxygen atoms in total. The molecule has 1 fully saturated rings. The van der Waals surface area contributed by atoms with E-state index in [1.54, 1.807) is 6.92 Å². The molecule has 6 heteroatoms. The first-order valence-electron chi connectivity index (χ1n) is 4.25. The maximum absolute atomic E-state index is 10.5. The summed E-state index contributed by atoms with van der Waals surface area (Å²) >= 11 is 0. The normalized spacial score (nSPS) is 32.0. The zero-order valence-electron chi connectivity index (χ0n) is 7.71. The van der Waals surface area contributed by atoms with Crippen molar-refractivity contribution in [1.82, 2.24) is 0 Å². The van der Waals surface area contributed by atoms with Crippen LogP contribution < -0.4 is 0 Å². The van der Waals surface area contributed by atoms with Gasteiger partial charge in [0.25, 0.3) is 0 Å². The van der Waals surface area contributed by atoms with Gasteiger partial charge < -0.3 is 14.5 Å². The van der Waals surface area contributed by atoms with Crippen LogP contribution in [0.25, 0.3) is 0 Å². The van der Waals surface area contributed by atoms with Crippen molar-refractivity contribution in [3.05, 3.63) is 0 Å². The molecule has 2 N–H and O–H groups in total. The molecule has 0 aromatic carbocycles. The summed E-state index contributed by atoms with van der Waals surface area (Å²) in [5, 5.41) is 0. The van der Waals surface area contributed by atoms with Gasteiger partial charge in [0.15, 0.2) is 0 Å². The molecule has 1 saturated heterocycles. The SMILES string of the molecule is C[C@H]1CCOC1[C@@H](C)OP(=O)(O)O. The predicted octanol–water partition coefficient (Wildman–Crippen LogP) is 0.909. The van der Waals surface area contributed by atoms with Crippen LogP contribution in [0.5, 0.6) is 0 Å². The van der Waals surface area contributed by atoms with Crippen LogP contribution in [0.2, 0.25) is 0 Å². The Balaban J connectivity index is 2.47. The van der Waals surface area contributed by atoms with Gasteiger partial charge in [-0.1, -0.05) is 6.92 Å². The van der Waals surface area contributed by atoms with Crippen LogP contribution in [0.3, 0.4) is 0 Å². The van der Waals surface area contributed by atoms with E-state index in [1.807, 2.05) is 6.92 Å². The van der Waals surface area contributed by atoms with E-state index in [0.29, 0.717) is 12.5 Å². The highest BCUT2D eigenvalue weighted by Gasteiger charge is 2.33. The second-order valence-electron chi connectivity index (χ2n) is 3.40. The Morgan fingerprint density at radius 2 is 2.23 bits per heavy atom. The van der Waals surface area contributed by atoms with E-state index in [2.05, 4.69) is 4.52 Å². The Kier molecular flexibility index (Phi) is 3.49. The minimum Gasteiger partial charge on any atom is -0.375 e. The van der Waals surface area contributed by atoms with Gasteiger partial charge in [-0.05, 0) is 19.3 Å². The van der Waals surface area contributed by atoms with Gasteiger partial charge in [0.05, 0.1) is 12.2 Å². The second-order valence-corrected chi connectivity index (χ2v) is 4.59. The number of hydrogen-bond acceptors (Lipinski definition) is 3. The van der Waals surface area contributed by atoms with Crippen LogP contribution >= 0.6 is 7.82 Å². The molecule has 0 saturated carbocycles. The van der Waals surface area contributed by atoms with Crippen molar-refractivity contribution in [2.45, 2.75) is 32.5 Å². The third kappa shape index (κ3) is 3.37. The van der Waals surface area contributed by atoms with Crippen LogP contribution in [0.15, 0.2) is 0 Å². The highest BCUT2D eigenvalue weighted by Crippen LogP contribution is 2.40. The number of rotatable bonds is 3. The summed E-state index contributed by atoms with van der Waals surface area (Å²) in [6.45, 7) is 4.24. The van der Waals surface area contributed by atoms with Crippen molar-refractivity contribution in [3.63, 3.8) is 0 Å². The molecule has 1 rings (SSSR count). The average molecular weight is 210 g/mol. The van der Waals surface area contributed by atoms with Gasteiger partial charge in [-0.2, -0.15) is 0 Å². The van der Waals surface area contributed by atoms with E-state index in [1.165, 1.54) is 0 Å². The molecule has 0 radical (unpaired) electrons.